The molecule has 6 heteroatoms. The Bertz CT molecular complexity index is 881. The summed E-state index contributed by atoms with van der Waals surface area (Å²) in [6.45, 7) is 5.63. The molecule has 1 aromatic heterocycles. The molecule has 1 aromatic carbocycles. The lowest BCUT2D eigenvalue weighted by Gasteiger charge is -2.38. The normalized spacial score (nSPS) is 20.8. The van der Waals surface area contributed by atoms with Crippen molar-refractivity contribution >= 4 is 5.91 Å². The van der Waals surface area contributed by atoms with Crippen molar-refractivity contribution in [3.05, 3.63) is 65.2 Å². The van der Waals surface area contributed by atoms with Crippen molar-refractivity contribution in [3.63, 3.8) is 0 Å². The number of likely N-dealkylation sites (N-methyl/N-ethyl adjacent to an activating group) is 1. The number of likely N-dealkylation sites (tertiary alicyclic amines) is 1. The number of pyridine rings is 1. The van der Waals surface area contributed by atoms with E-state index in [1.54, 1.807) is 25.3 Å². The van der Waals surface area contributed by atoms with Gasteiger partial charge in [0.2, 0.25) is 0 Å². The summed E-state index contributed by atoms with van der Waals surface area (Å²) in [6, 6.07) is 8.80. The predicted molar refractivity (Wildman–Crippen MR) is 114 cm³/mol. The van der Waals surface area contributed by atoms with Crippen molar-refractivity contribution in [1.29, 1.82) is 0 Å². The number of rotatable bonds is 5. The van der Waals surface area contributed by atoms with E-state index in [-0.39, 0.29) is 23.2 Å². The molecule has 0 unspecified atom stereocenters. The first kappa shape index (κ1) is 20.9. The second kappa shape index (κ2) is 8.82. The first-order chi connectivity index (χ1) is 14.4. The summed E-state index contributed by atoms with van der Waals surface area (Å²) in [5.74, 6) is -0.396. The molecule has 2 aromatic rings. The van der Waals surface area contributed by atoms with Crippen LogP contribution in [0.15, 0.2) is 42.7 Å². The van der Waals surface area contributed by atoms with Crippen LogP contribution in [0, 0.1) is 18.2 Å². The van der Waals surface area contributed by atoms with Gasteiger partial charge in [-0.1, -0.05) is 12.1 Å². The van der Waals surface area contributed by atoms with Crippen LogP contribution in [0.5, 0.6) is 0 Å². The fourth-order valence-corrected chi connectivity index (χ4v) is 4.67. The zero-order chi connectivity index (χ0) is 21.1. The number of piperidine rings is 1. The Morgan fingerprint density at radius 2 is 2.13 bits per heavy atom. The third-order valence-corrected chi connectivity index (χ3v) is 6.51. The summed E-state index contributed by atoms with van der Waals surface area (Å²) >= 11 is 0. The second-order valence-corrected chi connectivity index (χ2v) is 8.95. The lowest BCUT2D eigenvalue weighted by molar-refractivity contribution is 0.0457. The highest BCUT2D eigenvalue weighted by atomic mass is 19.1. The highest BCUT2D eigenvalue weighted by Gasteiger charge is 2.43. The van der Waals surface area contributed by atoms with Crippen molar-refractivity contribution in [1.82, 2.24) is 14.8 Å². The standard InChI is InChI=1S/C24H30FN3O2/c1-18-5-6-20(12-22(18)25)23(29)28-10-7-24(8-11-28)13-21(30-17-24)16-27(2)15-19-4-3-9-26-14-19/h3-6,9,12,14,21H,7-8,10-11,13,15-17H2,1-2H3/t21-/m1/s1. The van der Waals surface area contributed by atoms with Gasteiger partial charge in [-0.2, -0.15) is 0 Å². The van der Waals surface area contributed by atoms with E-state index >= 15 is 0 Å². The molecule has 2 fully saturated rings. The molecule has 0 saturated carbocycles. The summed E-state index contributed by atoms with van der Waals surface area (Å²) in [7, 11) is 2.11. The summed E-state index contributed by atoms with van der Waals surface area (Å²) in [5, 5.41) is 0. The van der Waals surface area contributed by atoms with E-state index in [2.05, 4.69) is 23.0 Å². The van der Waals surface area contributed by atoms with Crippen LogP contribution in [-0.2, 0) is 11.3 Å². The summed E-state index contributed by atoms with van der Waals surface area (Å²) in [5.41, 5.74) is 2.36. The molecule has 0 N–H and O–H groups in total. The average Bonchev–Trinajstić information content (AvgIpc) is 3.12. The third kappa shape index (κ3) is 4.71. The number of carbonyl (C=O) groups is 1. The van der Waals surface area contributed by atoms with Gasteiger partial charge in [-0.3, -0.25) is 14.7 Å². The van der Waals surface area contributed by atoms with Gasteiger partial charge >= 0.3 is 0 Å². The first-order valence-corrected chi connectivity index (χ1v) is 10.7. The fraction of sp³-hybridized carbons (Fsp3) is 0.500. The van der Waals surface area contributed by atoms with Crippen LogP contribution >= 0.6 is 0 Å². The Labute approximate surface area is 177 Å². The summed E-state index contributed by atoms with van der Waals surface area (Å²) in [6.07, 6.45) is 6.83. The molecular weight excluding hydrogens is 381 g/mol. The second-order valence-electron chi connectivity index (χ2n) is 8.95. The van der Waals surface area contributed by atoms with Crippen LogP contribution in [0.1, 0.15) is 40.7 Å². The number of aromatic nitrogens is 1. The largest absolute Gasteiger partial charge is 0.376 e. The highest BCUT2D eigenvalue weighted by Crippen LogP contribution is 2.42. The van der Waals surface area contributed by atoms with E-state index in [0.717, 1.165) is 39.0 Å². The number of nitrogens with zero attached hydrogens (tertiary/aromatic N) is 3. The molecular formula is C24H30FN3O2. The van der Waals surface area contributed by atoms with Crippen molar-refractivity contribution < 1.29 is 13.9 Å². The van der Waals surface area contributed by atoms with Gasteiger partial charge in [0.25, 0.3) is 5.91 Å². The number of amides is 1. The van der Waals surface area contributed by atoms with Crippen LogP contribution < -0.4 is 0 Å². The van der Waals surface area contributed by atoms with E-state index in [4.69, 9.17) is 4.74 Å². The number of benzene rings is 1. The van der Waals surface area contributed by atoms with Gasteiger partial charge in [-0.05, 0) is 68.0 Å². The molecule has 2 saturated heterocycles. The van der Waals surface area contributed by atoms with Gasteiger partial charge in [0.15, 0.2) is 0 Å². The van der Waals surface area contributed by atoms with Crippen LogP contribution in [-0.4, -0.2) is 60.1 Å². The number of halogens is 1. The summed E-state index contributed by atoms with van der Waals surface area (Å²) in [4.78, 5) is 21.1. The minimum absolute atomic E-state index is 0.0737. The fourth-order valence-electron chi connectivity index (χ4n) is 4.67. The quantitative estimate of drug-likeness (QED) is 0.753. The highest BCUT2D eigenvalue weighted by molar-refractivity contribution is 5.94. The lowest BCUT2D eigenvalue weighted by atomic mass is 9.76. The van der Waals surface area contributed by atoms with Gasteiger partial charge in [0.1, 0.15) is 5.82 Å². The van der Waals surface area contributed by atoms with E-state index in [1.165, 1.54) is 11.6 Å². The molecule has 1 amide bonds. The van der Waals surface area contributed by atoms with Gasteiger partial charge in [0, 0.05) is 44.1 Å². The molecule has 1 atom stereocenters. The van der Waals surface area contributed by atoms with Crippen LogP contribution in [0.25, 0.3) is 0 Å². The van der Waals surface area contributed by atoms with Crippen molar-refractivity contribution in [3.8, 4) is 0 Å². The molecule has 3 heterocycles. The molecule has 0 aliphatic carbocycles. The first-order valence-electron chi connectivity index (χ1n) is 10.7. The minimum Gasteiger partial charge on any atom is -0.376 e. The smallest absolute Gasteiger partial charge is 0.253 e. The minimum atomic E-state index is -0.322. The Hall–Kier alpha value is -2.31. The van der Waals surface area contributed by atoms with Crippen LogP contribution in [0.2, 0.25) is 0 Å². The molecule has 0 bridgehead atoms. The number of hydrogen-bond donors (Lipinski definition) is 0. The molecule has 30 heavy (non-hydrogen) atoms. The zero-order valence-corrected chi connectivity index (χ0v) is 17.8. The lowest BCUT2D eigenvalue weighted by Crippen LogP contribution is -2.43. The molecule has 2 aliphatic rings. The van der Waals surface area contributed by atoms with Gasteiger partial charge in [-0.25, -0.2) is 4.39 Å². The van der Waals surface area contributed by atoms with Crippen molar-refractivity contribution in [2.24, 2.45) is 5.41 Å². The van der Waals surface area contributed by atoms with E-state index in [0.29, 0.717) is 24.2 Å². The van der Waals surface area contributed by atoms with Gasteiger partial charge < -0.3 is 9.64 Å². The van der Waals surface area contributed by atoms with Crippen molar-refractivity contribution in [2.75, 3.05) is 33.3 Å². The monoisotopic (exact) mass is 411 g/mol. The number of aryl methyl sites for hydroxylation is 1. The van der Waals surface area contributed by atoms with Gasteiger partial charge in [-0.15, -0.1) is 0 Å². The maximum absolute atomic E-state index is 13.8. The SMILES string of the molecule is Cc1ccc(C(=O)N2CCC3(CC2)CO[C@@H](CN(C)Cc2cccnc2)C3)cc1F. The van der Waals surface area contributed by atoms with Crippen LogP contribution in [0.3, 0.4) is 0 Å². The molecule has 160 valence electrons. The Kier molecular flexibility index (Phi) is 6.16. The average molecular weight is 412 g/mol. The topological polar surface area (TPSA) is 45.7 Å². The Morgan fingerprint density at radius 3 is 2.83 bits per heavy atom. The number of ether oxygens (including phenoxy) is 1. The Morgan fingerprint density at radius 1 is 1.33 bits per heavy atom. The number of carbonyl (C=O) groups excluding carboxylic acids is 1. The predicted octanol–water partition coefficient (Wildman–Crippen LogP) is 3.67. The molecule has 2 aliphatic heterocycles. The Balaban J connectivity index is 1.28. The van der Waals surface area contributed by atoms with Crippen molar-refractivity contribution in [2.45, 2.75) is 38.8 Å². The number of hydrogen-bond acceptors (Lipinski definition) is 4. The molecule has 0 radical (unpaired) electrons. The molecule has 5 nitrogen and oxygen atoms in total. The molecule has 4 rings (SSSR count). The zero-order valence-electron chi connectivity index (χ0n) is 17.8. The molecule has 1 spiro atoms. The van der Waals surface area contributed by atoms with E-state index in [1.807, 2.05) is 17.2 Å². The van der Waals surface area contributed by atoms with Gasteiger partial charge in [0.05, 0.1) is 12.7 Å². The maximum atomic E-state index is 13.8. The third-order valence-electron chi connectivity index (χ3n) is 6.51. The van der Waals surface area contributed by atoms with E-state index in [9.17, 15) is 9.18 Å². The maximum Gasteiger partial charge on any atom is 0.253 e. The summed E-state index contributed by atoms with van der Waals surface area (Å²) < 4.78 is 20.0. The van der Waals surface area contributed by atoms with E-state index < -0.39 is 0 Å². The van der Waals surface area contributed by atoms with Crippen LogP contribution in [0.4, 0.5) is 4.39 Å².